The van der Waals surface area contributed by atoms with Crippen molar-refractivity contribution in [1.29, 1.82) is 0 Å². The first-order valence-corrected chi connectivity index (χ1v) is 9.38. The van der Waals surface area contributed by atoms with E-state index in [2.05, 4.69) is 27.7 Å². The van der Waals surface area contributed by atoms with E-state index in [1.165, 1.54) is 32.1 Å². The molecule has 2 heteroatoms. The van der Waals surface area contributed by atoms with Gasteiger partial charge in [-0.1, -0.05) is 27.2 Å². The van der Waals surface area contributed by atoms with Crippen molar-refractivity contribution in [3.05, 3.63) is 0 Å². The predicted octanol–water partition coefficient (Wildman–Crippen LogP) is 4.35. The average molecular weight is 304 g/mol. The first-order chi connectivity index (χ1) is 10.1. The minimum Gasteiger partial charge on any atom is -0.390 e. The smallest absolute Gasteiger partial charge is 0.142 e. The van der Waals surface area contributed by atoms with Crippen molar-refractivity contribution in [3.63, 3.8) is 0 Å². The van der Waals surface area contributed by atoms with E-state index < -0.39 is 5.60 Å². The van der Waals surface area contributed by atoms with Gasteiger partial charge in [0.25, 0.3) is 0 Å². The molecule has 4 rings (SSSR count). The Kier molecular flexibility index (Phi) is 2.88. The fourth-order valence-corrected chi connectivity index (χ4v) is 7.45. The molecule has 0 heterocycles. The highest BCUT2D eigenvalue weighted by atomic mass is 16.3. The summed E-state index contributed by atoms with van der Waals surface area (Å²) in [5.74, 6) is 1.90. The van der Waals surface area contributed by atoms with Crippen molar-refractivity contribution in [2.75, 3.05) is 0 Å². The summed E-state index contributed by atoms with van der Waals surface area (Å²) >= 11 is 0. The third-order valence-electron chi connectivity index (χ3n) is 8.49. The van der Waals surface area contributed by atoms with Crippen molar-refractivity contribution in [3.8, 4) is 0 Å². The SMILES string of the molecule is CC1(C)CCC[C@]2(C)[C@H](C[C@@]34C[C@@H](CC[C@H]32)[C@](C)(O)C4)C1=O. The molecule has 0 aromatic rings. The van der Waals surface area contributed by atoms with Gasteiger partial charge in [-0.3, -0.25) is 4.79 Å². The number of carbonyl (C=O) groups excluding carboxylic acids is 1. The number of rotatable bonds is 0. The highest BCUT2D eigenvalue weighted by Crippen LogP contribution is 2.73. The summed E-state index contributed by atoms with van der Waals surface area (Å²) in [7, 11) is 0. The quantitative estimate of drug-likeness (QED) is 0.722. The second-order valence-electron chi connectivity index (χ2n) is 10.3. The maximum Gasteiger partial charge on any atom is 0.142 e. The molecule has 0 aliphatic heterocycles. The predicted molar refractivity (Wildman–Crippen MR) is 87.4 cm³/mol. The molecule has 0 saturated heterocycles. The van der Waals surface area contributed by atoms with Crippen LogP contribution in [0.15, 0.2) is 0 Å². The van der Waals surface area contributed by atoms with Crippen molar-refractivity contribution in [2.45, 2.75) is 84.7 Å². The monoisotopic (exact) mass is 304 g/mol. The lowest BCUT2D eigenvalue weighted by Gasteiger charge is -2.43. The zero-order valence-corrected chi connectivity index (χ0v) is 14.7. The molecule has 0 radical (unpaired) electrons. The van der Waals surface area contributed by atoms with E-state index in [0.717, 1.165) is 19.3 Å². The Morgan fingerprint density at radius 1 is 1.05 bits per heavy atom. The average Bonchev–Trinajstić information content (AvgIpc) is 2.73. The minimum absolute atomic E-state index is 0.146. The van der Waals surface area contributed by atoms with E-state index in [0.29, 0.717) is 17.6 Å². The standard InChI is InChI=1S/C20H32O2/c1-17(2)8-5-9-18(3)14(16(17)21)11-20-10-13(6-7-15(18)20)19(4,22)12-20/h13-15,22H,5-12H2,1-4H3/t13-,14-,15+,18-,19-,20-/m1/s1. The fraction of sp³-hybridized carbons (Fsp3) is 0.950. The zero-order valence-electron chi connectivity index (χ0n) is 14.7. The van der Waals surface area contributed by atoms with Crippen LogP contribution >= 0.6 is 0 Å². The number of ketones is 1. The van der Waals surface area contributed by atoms with Crippen molar-refractivity contribution < 1.29 is 9.90 Å². The number of carbonyl (C=O) groups is 1. The van der Waals surface area contributed by atoms with Crippen LogP contribution in [0.1, 0.15) is 79.1 Å². The van der Waals surface area contributed by atoms with Crippen LogP contribution in [0.5, 0.6) is 0 Å². The third-order valence-corrected chi connectivity index (χ3v) is 8.49. The maximum atomic E-state index is 13.3. The van der Waals surface area contributed by atoms with E-state index in [1.807, 2.05) is 0 Å². The van der Waals surface area contributed by atoms with Gasteiger partial charge in [-0.05, 0) is 74.5 Å². The molecule has 0 aromatic heterocycles. The Balaban J connectivity index is 1.77. The van der Waals surface area contributed by atoms with Crippen molar-refractivity contribution in [1.82, 2.24) is 0 Å². The molecule has 0 unspecified atom stereocenters. The molecule has 2 bridgehead atoms. The zero-order chi connectivity index (χ0) is 16.0. The summed E-state index contributed by atoms with van der Waals surface area (Å²) in [5.41, 5.74) is -0.189. The Bertz CT molecular complexity index is 520. The molecule has 4 aliphatic carbocycles. The Morgan fingerprint density at radius 3 is 2.50 bits per heavy atom. The van der Waals surface area contributed by atoms with Crippen molar-refractivity contribution >= 4 is 5.78 Å². The molecule has 0 amide bonds. The number of aliphatic hydroxyl groups is 1. The molecule has 2 nitrogen and oxygen atoms in total. The van der Waals surface area contributed by atoms with Crippen LogP contribution in [0, 0.1) is 34.0 Å². The summed E-state index contributed by atoms with van der Waals surface area (Å²) < 4.78 is 0. The van der Waals surface area contributed by atoms with Gasteiger partial charge < -0.3 is 5.11 Å². The lowest BCUT2D eigenvalue weighted by Crippen LogP contribution is -2.38. The van der Waals surface area contributed by atoms with E-state index >= 15 is 0 Å². The summed E-state index contributed by atoms with van der Waals surface area (Å²) in [6.07, 6.45) is 9.03. The molecule has 22 heavy (non-hydrogen) atoms. The van der Waals surface area contributed by atoms with Crippen LogP contribution < -0.4 is 0 Å². The number of hydrogen-bond acceptors (Lipinski definition) is 2. The second-order valence-corrected chi connectivity index (χ2v) is 10.3. The van der Waals surface area contributed by atoms with Gasteiger partial charge in [0, 0.05) is 11.3 Å². The topological polar surface area (TPSA) is 37.3 Å². The van der Waals surface area contributed by atoms with E-state index in [4.69, 9.17) is 0 Å². The van der Waals surface area contributed by atoms with Crippen LogP contribution in [0.2, 0.25) is 0 Å². The summed E-state index contributed by atoms with van der Waals surface area (Å²) in [6.45, 7) is 8.80. The molecular weight excluding hydrogens is 272 g/mol. The Hall–Kier alpha value is -0.370. The molecule has 6 atom stereocenters. The number of fused-ring (bicyclic) bond motifs is 3. The fourth-order valence-electron chi connectivity index (χ4n) is 7.45. The number of hydrogen-bond donors (Lipinski definition) is 1. The summed E-state index contributed by atoms with van der Waals surface area (Å²) in [6, 6.07) is 0. The molecule has 4 fully saturated rings. The normalized spacial score (nSPS) is 56.4. The lowest BCUT2D eigenvalue weighted by molar-refractivity contribution is -0.133. The van der Waals surface area contributed by atoms with E-state index in [1.54, 1.807) is 0 Å². The first kappa shape index (κ1) is 15.2. The summed E-state index contributed by atoms with van der Waals surface area (Å²) in [5, 5.41) is 10.9. The van der Waals surface area contributed by atoms with Gasteiger partial charge in [-0.25, -0.2) is 0 Å². The molecule has 0 aromatic carbocycles. The molecular formula is C20H32O2. The van der Waals surface area contributed by atoms with Gasteiger partial charge >= 0.3 is 0 Å². The van der Waals surface area contributed by atoms with Gasteiger partial charge in [-0.2, -0.15) is 0 Å². The largest absolute Gasteiger partial charge is 0.390 e. The molecule has 1 spiro atoms. The maximum absolute atomic E-state index is 13.3. The molecule has 124 valence electrons. The van der Waals surface area contributed by atoms with E-state index in [9.17, 15) is 9.90 Å². The first-order valence-electron chi connectivity index (χ1n) is 9.38. The molecule has 1 N–H and O–H groups in total. The molecule has 4 aliphatic rings. The second kappa shape index (κ2) is 4.18. The minimum atomic E-state index is -0.493. The van der Waals surface area contributed by atoms with Crippen LogP contribution in [0.25, 0.3) is 0 Å². The Morgan fingerprint density at radius 2 is 1.77 bits per heavy atom. The van der Waals surface area contributed by atoms with Crippen LogP contribution in [0.4, 0.5) is 0 Å². The van der Waals surface area contributed by atoms with Crippen LogP contribution in [-0.2, 0) is 4.79 Å². The van der Waals surface area contributed by atoms with E-state index in [-0.39, 0.29) is 22.2 Å². The summed E-state index contributed by atoms with van der Waals surface area (Å²) in [4.78, 5) is 13.3. The lowest BCUT2D eigenvalue weighted by atomic mass is 9.61. The van der Waals surface area contributed by atoms with Gasteiger partial charge in [0.1, 0.15) is 5.78 Å². The van der Waals surface area contributed by atoms with Crippen LogP contribution in [-0.4, -0.2) is 16.5 Å². The van der Waals surface area contributed by atoms with Gasteiger partial charge in [-0.15, -0.1) is 0 Å². The third kappa shape index (κ3) is 1.74. The van der Waals surface area contributed by atoms with Gasteiger partial charge in [0.2, 0.25) is 0 Å². The highest BCUT2D eigenvalue weighted by molar-refractivity contribution is 5.87. The highest BCUT2D eigenvalue weighted by Gasteiger charge is 2.69. The molecule has 4 saturated carbocycles. The van der Waals surface area contributed by atoms with Gasteiger partial charge in [0.15, 0.2) is 0 Å². The van der Waals surface area contributed by atoms with Gasteiger partial charge in [0.05, 0.1) is 5.60 Å². The van der Waals surface area contributed by atoms with Crippen molar-refractivity contribution in [2.24, 2.45) is 34.0 Å². The number of Topliss-reactive ketones (excluding diaryl/α,β-unsaturated/α-hetero) is 1. The van der Waals surface area contributed by atoms with Crippen LogP contribution in [0.3, 0.4) is 0 Å². The Labute approximate surface area is 135 Å².